The zero-order chi connectivity index (χ0) is 9.97. The number of nitrogens with one attached hydrogen (secondary N) is 1. The van der Waals surface area contributed by atoms with Crippen molar-refractivity contribution in [3.8, 4) is 0 Å². The Hall–Kier alpha value is -0.120. The Bertz CT molecular complexity index is 300. The smallest absolute Gasteiger partial charge is 0.107 e. The number of halogens is 1. The highest BCUT2D eigenvalue weighted by Gasteiger charge is 2.24. The van der Waals surface area contributed by atoms with Gasteiger partial charge in [0.05, 0.1) is 0 Å². The van der Waals surface area contributed by atoms with Crippen LogP contribution in [0.4, 0.5) is 0 Å². The molecule has 4 heteroatoms. The first-order valence-electron chi connectivity index (χ1n) is 5.04. The molecular weight excluding hydrogens is 216 g/mol. The molecule has 0 amide bonds. The van der Waals surface area contributed by atoms with E-state index in [0.717, 1.165) is 18.7 Å². The van der Waals surface area contributed by atoms with E-state index in [4.69, 9.17) is 11.6 Å². The first-order valence-corrected chi connectivity index (χ1v) is 6.36. The maximum Gasteiger partial charge on any atom is 0.107 e. The average molecular weight is 231 g/mol. The van der Waals surface area contributed by atoms with Crippen molar-refractivity contribution in [3.05, 3.63) is 16.1 Å². The van der Waals surface area contributed by atoms with Crippen LogP contribution < -0.4 is 5.32 Å². The van der Waals surface area contributed by atoms with Gasteiger partial charge in [-0.05, 0) is 19.8 Å². The lowest BCUT2D eigenvalue weighted by atomic mass is 10.2. The molecule has 1 saturated carbocycles. The summed E-state index contributed by atoms with van der Waals surface area (Å²) >= 11 is 7.89. The largest absolute Gasteiger partial charge is 0.306 e. The summed E-state index contributed by atoms with van der Waals surface area (Å²) in [7, 11) is 0. The summed E-state index contributed by atoms with van der Waals surface area (Å²) in [4.78, 5) is 4.41. The molecule has 1 aromatic rings. The van der Waals surface area contributed by atoms with Crippen molar-refractivity contribution >= 4 is 22.9 Å². The number of hydrogen-bond donors (Lipinski definition) is 1. The fourth-order valence-electron chi connectivity index (χ4n) is 1.85. The van der Waals surface area contributed by atoms with E-state index in [1.54, 1.807) is 11.3 Å². The Morgan fingerprint density at radius 1 is 1.64 bits per heavy atom. The fourth-order valence-corrected chi connectivity index (χ4v) is 2.94. The maximum atomic E-state index is 6.17. The molecule has 0 saturated heterocycles. The van der Waals surface area contributed by atoms with Crippen LogP contribution >= 0.6 is 22.9 Å². The monoisotopic (exact) mass is 230 g/mol. The van der Waals surface area contributed by atoms with Gasteiger partial charge in [-0.2, -0.15) is 0 Å². The van der Waals surface area contributed by atoms with E-state index in [0.29, 0.717) is 11.4 Å². The second-order valence-corrected chi connectivity index (χ2v) is 5.32. The normalized spacial score (nSPS) is 27.0. The summed E-state index contributed by atoms with van der Waals surface area (Å²) in [5.41, 5.74) is 1.11. The molecular formula is C10H15ClN2S. The molecule has 0 radical (unpaired) electrons. The zero-order valence-corrected chi connectivity index (χ0v) is 9.87. The minimum Gasteiger partial charge on any atom is -0.306 e. The van der Waals surface area contributed by atoms with E-state index in [-0.39, 0.29) is 0 Å². The van der Waals surface area contributed by atoms with E-state index >= 15 is 0 Å². The highest BCUT2D eigenvalue weighted by Crippen LogP contribution is 2.24. The van der Waals surface area contributed by atoms with Crippen LogP contribution in [0.3, 0.4) is 0 Å². The number of aromatic nitrogens is 1. The van der Waals surface area contributed by atoms with Crippen LogP contribution in [0, 0.1) is 6.92 Å². The van der Waals surface area contributed by atoms with Crippen molar-refractivity contribution in [2.24, 2.45) is 0 Å². The maximum absolute atomic E-state index is 6.17. The Morgan fingerprint density at radius 3 is 3.07 bits per heavy atom. The molecule has 1 heterocycles. The highest BCUT2D eigenvalue weighted by atomic mass is 35.5. The van der Waals surface area contributed by atoms with Gasteiger partial charge in [-0.25, -0.2) is 4.98 Å². The second kappa shape index (κ2) is 4.60. The molecule has 1 aromatic heterocycles. The van der Waals surface area contributed by atoms with Gasteiger partial charge in [-0.3, -0.25) is 0 Å². The summed E-state index contributed by atoms with van der Waals surface area (Å²) in [5, 5.41) is 7.04. The molecule has 1 aliphatic carbocycles. The van der Waals surface area contributed by atoms with Crippen molar-refractivity contribution < 1.29 is 0 Å². The van der Waals surface area contributed by atoms with Crippen molar-refractivity contribution in [2.75, 3.05) is 0 Å². The quantitative estimate of drug-likeness (QED) is 0.808. The van der Waals surface area contributed by atoms with Crippen LogP contribution in [0.2, 0.25) is 0 Å². The van der Waals surface area contributed by atoms with Crippen molar-refractivity contribution in [3.63, 3.8) is 0 Å². The average Bonchev–Trinajstić information content (AvgIpc) is 2.72. The van der Waals surface area contributed by atoms with Gasteiger partial charge in [0.15, 0.2) is 0 Å². The summed E-state index contributed by atoms with van der Waals surface area (Å²) in [6, 6.07) is 0.487. The summed E-state index contributed by atoms with van der Waals surface area (Å²) in [6.45, 7) is 2.90. The lowest BCUT2D eigenvalue weighted by Gasteiger charge is -2.14. The molecule has 0 aromatic carbocycles. The molecule has 1 fully saturated rings. The highest BCUT2D eigenvalue weighted by molar-refractivity contribution is 7.09. The molecule has 1 N–H and O–H groups in total. The standard InChI is InChI=1S/C10H15ClN2S/c1-7-6-14-10(13-7)5-12-9-4-2-3-8(9)11/h6,8-9,12H,2-5H2,1H3. The number of alkyl halides is 1. The molecule has 78 valence electrons. The first-order chi connectivity index (χ1) is 6.75. The van der Waals surface area contributed by atoms with Crippen LogP contribution in [0.15, 0.2) is 5.38 Å². The van der Waals surface area contributed by atoms with E-state index < -0.39 is 0 Å². The van der Waals surface area contributed by atoms with E-state index in [1.165, 1.54) is 17.8 Å². The second-order valence-electron chi connectivity index (χ2n) is 3.82. The summed E-state index contributed by atoms with van der Waals surface area (Å²) in [5.74, 6) is 0. The lowest BCUT2D eigenvalue weighted by Crippen LogP contribution is -2.32. The van der Waals surface area contributed by atoms with Crippen LogP contribution in [0.5, 0.6) is 0 Å². The van der Waals surface area contributed by atoms with E-state index in [9.17, 15) is 0 Å². The fraction of sp³-hybridized carbons (Fsp3) is 0.700. The third kappa shape index (κ3) is 2.47. The number of nitrogens with zero attached hydrogens (tertiary/aromatic N) is 1. The Kier molecular flexibility index (Phi) is 3.42. The number of rotatable bonds is 3. The van der Waals surface area contributed by atoms with Crippen LogP contribution in [-0.2, 0) is 6.54 Å². The Morgan fingerprint density at radius 2 is 2.50 bits per heavy atom. The van der Waals surface area contributed by atoms with Gasteiger partial charge in [0.1, 0.15) is 5.01 Å². The molecule has 2 rings (SSSR count). The minimum atomic E-state index is 0.316. The molecule has 0 spiro atoms. The molecule has 2 unspecified atom stereocenters. The Labute approximate surface area is 93.7 Å². The van der Waals surface area contributed by atoms with Gasteiger partial charge < -0.3 is 5.32 Å². The van der Waals surface area contributed by atoms with E-state index in [2.05, 4.69) is 15.7 Å². The van der Waals surface area contributed by atoms with Gasteiger partial charge in [0.2, 0.25) is 0 Å². The minimum absolute atomic E-state index is 0.316. The predicted octanol–water partition coefficient (Wildman–Crippen LogP) is 2.70. The molecule has 14 heavy (non-hydrogen) atoms. The predicted molar refractivity (Wildman–Crippen MR) is 61.0 cm³/mol. The van der Waals surface area contributed by atoms with E-state index in [1.807, 2.05) is 6.92 Å². The third-order valence-electron chi connectivity index (χ3n) is 2.61. The number of aryl methyl sites for hydroxylation is 1. The molecule has 0 aliphatic heterocycles. The lowest BCUT2D eigenvalue weighted by molar-refractivity contribution is 0.527. The van der Waals surface area contributed by atoms with Crippen LogP contribution in [0.1, 0.15) is 30.0 Å². The van der Waals surface area contributed by atoms with Crippen LogP contribution in [0.25, 0.3) is 0 Å². The summed E-state index contributed by atoms with van der Waals surface area (Å²) in [6.07, 6.45) is 3.61. The SMILES string of the molecule is Cc1csc(CNC2CCCC2Cl)n1. The van der Waals surface area contributed by atoms with Crippen molar-refractivity contribution in [1.82, 2.24) is 10.3 Å². The zero-order valence-electron chi connectivity index (χ0n) is 8.29. The van der Waals surface area contributed by atoms with Crippen molar-refractivity contribution in [2.45, 2.75) is 44.1 Å². The summed E-state index contributed by atoms with van der Waals surface area (Å²) < 4.78 is 0. The Balaban J connectivity index is 1.82. The first kappa shape index (κ1) is 10.4. The van der Waals surface area contributed by atoms with Crippen molar-refractivity contribution in [1.29, 1.82) is 0 Å². The van der Waals surface area contributed by atoms with Gasteiger partial charge in [0.25, 0.3) is 0 Å². The molecule has 1 aliphatic rings. The number of thiazole rings is 1. The van der Waals surface area contributed by atoms with Gasteiger partial charge >= 0.3 is 0 Å². The third-order valence-corrected chi connectivity index (χ3v) is 4.10. The van der Waals surface area contributed by atoms with Gasteiger partial charge in [-0.15, -0.1) is 22.9 Å². The molecule has 2 atom stereocenters. The molecule has 0 bridgehead atoms. The van der Waals surface area contributed by atoms with Crippen LogP contribution in [-0.4, -0.2) is 16.4 Å². The van der Waals surface area contributed by atoms with Gasteiger partial charge in [-0.1, -0.05) is 6.42 Å². The number of hydrogen-bond acceptors (Lipinski definition) is 3. The topological polar surface area (TPSA) is 24.9 Å². The van der Waals surface area contributed by atoms with Gasteiger partial charge in [0, 0.05) is 29.0 Å². The molecule has 2 nitrogen and oxygen atoms in total.